The molecule has 0 aromatic heterocycles. The molecule has 5 heteroatoms. The molecule has 104 valence electrons. The average Bonchev–Trinajstić information content (AvgIpc) is 2.46. The van der Waals surface area contributed by atoms with E-state index < -0.39 is 0 Å². The minimum atomic E-state index is 0.254. The molecule has 4 nitrogen and oxygen atoms in total. The number of nitrogens with zero attached hydrogens (tertiary/aromatic N) is 1. The molecule has 0 radical (unpaired) electrons. The lowest BCUT2D eigenvalue weighted by Gasteiger charge is -2.32. The van der Waals surface area contributed by atoms with Gasteiger partial charge in [0.25, 0.3) is 0 Å². The predicted octanol–water partition coefficient (Wildman–Crippen LogP) is 1.45. The van der Waals surface area contributed by atoms with Gasteiger partial charge in [-0.25, -0.2) is 0 Å². The van der Waals surface area contributed by atoms with Gasteiger partial charge in [-0.05, 0) is 30.8 Å². The van der Waals surface area contributed by atoms with Gasteiger partial charge in [0.05, 0.1) is 12.7 Å². The molecule has 1 heterocycles. The monoisotopic (exact) mass is 279 g/mol. The van der Waals surface area contributed by atoms with Crippen molar-refractivity contribution in [1.29, 1.82) is 0 Å². The van der Waals surface area contributed by atoms with E-state index in [1.54, 1.807) is 0 Å². The summed E-state index contributed by atoms with van der Waals surface area (Å²) in [6, 6.07) is 7.86. The van der Waals surface area contributed by atoms with Gasteiger partial charge < -0.3 is 15.8 Å². The molecule has 0 bridgehead atoms. The number of thiocarbonyl (C=S) groups is 1. The minimum Gasteiger partial charge on any atom is -0.389 e. The van der Waals surface area contributed by atoms with Gasteiger partial charge in [0.2, 0.25) is 0 Å². The number of hydrogen-bond acceptors (Lipinski definition) is 4. The Morgan fingerprint density at radius 2 is 2.21 bits per heavy atom. The predicted molar refractivity (Wildman–Crippen MR) is 82.7 cm³/mol. The lowest BCUT2D eigenvalue weighted by Crippen LogP contribution is -2.45. The third-order valence-corrected chi connectivity index (χ3v) is 3.61. The van der Waals surface area contributed by atoms with E-state index in [0.29, 0.717) is 4.99 Å². The standard InChI is InChI=1S/C14H21N3OS/c1-2-17-7-8-18-13(10-17)9-16-12-5-3-11(4-6-12)14(15)19/h3-6,13,16H,2,7-10H2,1H3,(H2,15,19). The number of benzene rings is 1. The Hall–Kier alpha value is -1.17. The van der Waals surface area contributed by atoms with Crippen LogP contribution in [-0.2, 0) is 4.74 Å². The summed E-state index contributed by atoms with van der Waals surface area (Å²) in [5.41, 5.74) is 7.53. The van der Waals surface area contributed by atoms with E-state index in [9.17, 15) is 0 Å². The molecule has 0 aliphatic carbocycles. The minimum absolute atomic E-state index is 0.254. The molecule has 1 unspecified atom stereocenters. The van der Waals surface area contributed by atoms with Gasteiger partial charge in [-0.3, -0.25) is 4.90 Å². The van der Waals surface area contributed by atoms with Crippen LogP contribution in [0.4, 0.5) is 5.69 Å². The first-order chi connectivity index (χ1) is 9.19. The normalized spacial score (nSPS) is 20.2. The number of hydrogen-bond donors (Lipinski definition) is 2. The molecule has 3 N–H and O–H groups in total. The van der Waals surface area contributed by atoms with Crippen molar-refractivity contribution in [3.8, 4) is 0 Å². The van der Waals surface area contributed by atoms with E-state index >= 15 is 0 Å². The first-order valence-corrected chi connectivity index (χ1v) is 7.07. The molecule has 0 spiro atoms. The number of morpholine rings is 1. The third kappa shape index (κ3) is 4.16. The second-order valence-corrected chi connectivity index (χ2v) is 5.15. The summed E-state index contributed by atoms with van der Waals surface area (Å²) in [5.74, 6) is 0. The lowest BCUT2D eigenvalue weighted by atomic mass is 10.2. The van der Waals surface area contributed by atoms with Crippen molar-refractivity contribution in [1.82, 2.24) is 4.90 Å². The number of anilines is 1. The van der Waals surface area contributed by atoms with Gasteiger partial charge in [0.1, 0.15) is 4.99 Å². The van der Waals surface area contributed by atoms with E-state index in [-0.39, 0.29) is 6.10 Å². The first-order valence-electron chi connectivity index (χ1n) is 6.66. The highest BCUT2D eigenvalue weighted by Gasteiger charge is 2.18. The van der Waals surface area contributed by atoms with E-state index in [4.69, 9.17) is 22.7 Å². The Balaban J connectivity index is 1.83. The van der Waals surface area contributed by atoms with Crippen molar-refractivity contribution in [3.63, 3.8) is 0 Å². The van der Waals surface area contributed by atoms with Gasteiger partial charge in [0.15, 0.2) is 0 Å². The summed E-state index contributed by atoms with van der Waals surface area (Å²) in [6.45, 7) is 6.94. The Kier molecular flexibility index (Phi) is 5.13. The van der Waals surface area contributed by atoms with Crippen LogP contribution in [0, 0.1) is 0 Å². The van der Waals surface area contributed by atoms with Gasteiger partial charge in [-0.15, -0.1) is 0 Å². The Bertz CT molecular complexity index is 421. The van der Waals surface area contributed by atoms with Crippen LogP contribution < -0.4 is 11.1 Å². The molecule has 1 aromatic rings. The molecule has 19 heavy (non-hydrogen) atoms. The second kappa shape index (κ2) is 6.84. The van der Waals surface area contributed by atoms with Crippen LogP contribution >= 0.6 is 12.2 Å². The molecule has 0 saturated carbocycles. The highest BCUT2D eigenvalue weighted by molar-refractivity contribution is 7.80. The number of rotatable bonds is 5. The number of nitrogens with two attached hydrogens (primary N) is 1. The van der Waals surface area contributed by atoms with E-state index in [1.807, 2.05) is 24.3 Å². The maximum atomic E-state index is 5.75. The molecular weight excluding hydrogens is 258 g/mol. The van der Waals surface area contributed by atoms with Crippen molar-refractivity contribution in [2.75, 3.05) is 38.1 Å². The fraction of sp³-hybridized carbons (Fsp3) is 0.500. The summed E-state index contributed by atoms with van der Waals surface area (Å²) >= 11 is 4.93. The van der Waals surface area contributed by atoms with Gasteiger partial charge in [-0.1, -0.05) is 19.1 Å². The maximum absolute atomic E-state index is 5.75. The fourth-order valence-electron chi connectivity index (χ4n) is 2.18. The van der Waals surface area contributed by atoms with Gasteiger partial charge in [0, 0.05) is 30.9 Å². The Morgan fingerprint density at radius 3 is 2.84 bits per heavy atom. The number of ether oxygens (including phenoxy) is 1. The summed E-state index contributed by atoms with van der Waals surface area (Å²) < 4.78 is 5.75. The number of likely N-dealkylation sites (N-methyl/N-ethyl adjacent to an activating group) is 1. The summed E-state index contributed by atoms with van der Waals surface area (Å²) in [4.78, 5) is 2.84. The van der Waals surface area contributed by atoms with E-state index in [0.717, 1.165) is 44.0 Å². The van der Waals surface area contributed by atoms with Crippen LogP contribution in [0.3, 0.4) is 0 Å². The van der Waals surface area contributed by atoms with Crippen LogP contribution in [-0.4, -0.2) is 48.8 Å². The molecule has 0 amide bonds. The van der Waals surface area contributed by atoms with Crippen LogP contribution in [0.2, 0.25) is 0 Å². The third-order valence-electron chi connectivity index (χ3n) is 3.37. The zero-order valence-corrected chi connectivity index (χ0v) is 12.1. The quantitative estimate of drug-likeness (QED) is 0.799. The van der Waals surface area contributed by atoms with Crippen molar-refractivity contribution in [3.05, 3.63) is 29.8 Å². The largest absolute Gasteiger partial charge is 0.389 e. The van der Waals surface area contributed by atoms with Crippen LogP contribution in [0.15, 0.2) is 24.3 Å². The van der Waals surface area contributed by atoms with Crippen molar-refractivity contribution < 1.29 is 4.74 Å². The van der Waals surface area contributed by atoms with Crippen LogP contribution in [0.25, 0.3) is 0 Å². The van der Waals surface area contributed by atoms with Crippen LogP contribution in [0.1, 0.15) is 12.5 Å². The van der Waals surface area contributed by atoms with Gasteiger partial charge in [-0.2, -0.15) is 0 Å². The summed E-state index contributed by atoms with van der Waals surface area (Å²) in [7, 11) is 0. The smallest absolute Gasteiger partial charge is 0.103 e. The number of nitrogens with one attached hydrogen (secondary N) is 1. The summed E-state index contributed by atoms with van der Waals surface area (Å²) in [6.07, 6.45) is 0.254. The first kappa shape index (κ1) is 14.2. The van der Waals surface area contributed by atoms with Gasteiger partial charge >= 0.3 is 0 Å². The van der Waals surface area contributed by atoms with Crippen molar-refractivity contribution in [2.24, 2.45) is 5.73 Å². The zero-order chi connectivity index (χ0) is 13.7. The molecular formula is C14H21N3OS. The SMILES string of the molecule is CCN1CCOC(CNc2ccc(C(N)=S)cc2)C1. The molecule has 2 rings (SSSR count). The van der Waals surface area contributed by atoms with Crippen molar-refractivity contribution >= 4 is 22.9 Å². The van der Waals surface area contributed by atoms with E-state index in [1.165, 1.54) is 0 Å². The van der Waals surface area contributed by atoms with Crippen LogP contribution in [0.5, 0.6) is 0 Å². The highest BCUT2D eigenvalue weighted by atomic mass is 32.1. The second-order valence-electron chi connectivity index (χ2n) is 4.71. The maximum Gasteiger partial charge on any atom is 0.103 e. The summed E-state index contributed by atoms with van der Waals surface area (Å²) in [5, 5.41) is 3.39. The Labute approximate surface area is 119 Å². The fourth-order valence-corrected chi connectivity index (χ4v) is 2.31. The molecule has 1 aliphatic heterocycles. The van der Waals surface area contributed by atoms with Crippen molar-refractivity contribution in [2.45, 2.75) is 13.0 Å². The highest BCUT2D eigenvalue weighted by Crippen LogP contribution is 2.11. The zero-order valence-electron chi connectivity index (χ0n) is 11.3. The molecule has 1 atom stereocenters. The lowest BCUT2D eigenvalue weighted by molar-refractivity contribution is -0.0191. The average molecular weight is 279 g/mol. The topological polar surface area (TPSA) is 50.5 Å². The van der Waals surface area contributed by atoms with E-state index in [2.05, 4.69) is 17.1 Å². The molecule has 1 saturated heterocycles. The molecule has 1 aromatic carbocycles. The molecule has 1 fully saturated rings. The Morgan fingerprint density at radius 1 is 1.47 bits per heavy atom. The molecule has 1 aliphatic rings.